The summed E-state index contributed by atoms with van der Waals surface area (Å²) in [6, 6.07) is 5.74. The van der Waals surface area contributed by atoms with Gasteiger partial charge in [0.1, 0.15) is 11.3 Å². The van der Waals surface area contributed by atoms with Crippen LogP contribution in [0.25, 0.3) is 0 Å². The summed E-state index contributed by atoms with van der Waals surface area (Å²) in [5.41, 5.74) is -7.02. The molecule has 0 aliphatic carbocycles. The molecule has 14 heteroatoms. The lowest BCUT2D eigenvalue weighted by Gasteiger charge is -2.33. The number of aryl methyl sites for hydroxylation is 2. The Bertz CT molecular complexity index is 1350. The van der Waals surface area contributed by atoms with Crippen LogP contribution in [0.3, 0.4) is 0 Å². The number of carbonyl (C=O) groups excluding carboxylic acids is 2. The van der Waals surface area contributed by atoms with Crippen LogP contribution in [0.1, 0.15) is 68.7 Å². The maximum absolute atomic E-state index is 13.7. The normalized spacial score (nSPS) is 18.6. The van der Waals surface area contributed by atoms with E-state index in [0.29, 0.717) is 42.0 Å². The predicted molar refractivity (Wildman–Crippen MR) is 145 cm³/mol. The topological polar surface area (TPSA) is 97.3 Å². The smallest absolute Gasteiger partial charge is 0.430 e. The maximum Gasteiger partial charge on any atom is 0.430 e. The van der Waals surface area contributed by atoms with Crippen molar-refractivity contribution in [1.29, 1.82) is 0 Å². The van der Waals surface area contributed by atoms with Crippen LogP contribution in [-0.2, 0) is 28.8 Å². The second kappa shape index (κ2) is 12.4. The van der Waals surface area contributed by atoms with Crippen molar-refractivity contribution >= 4 is 11.9 Å². The molecule has 4 rings (SSSR count). The number of rotatable bonds is 12. The molecule has 1 fully saturated rings. The molecule has 2 aromatic carbocycles. The van der Waals surface area contributed by atoms with Crippen LogP contribution in [0.4, 0.5) is 31.1 Å². The third-order valence-corrected chi connectivity index (χ3v) is 7.86. The number of alkyl halides is 6. The SMILES string of the molecule is CCCc1cc(C(O)(C(F)(F)F)C(F)(F)F)cc(CCC)c1OCCCN1C(=O)NC(CC)(c2ccc3c(c2)OCO3)C1=O. The molecule has 2 aliphatic rings. The molecule has 0 spiro atoms. The first-order chi connectivity index (χ1) is 20.6. The summed E-state index contributed by atoms with van der Waals surface area (Å²) in [5, 5.41) is 12.8. The average Bonchev–Trinajstić information content (AvgIpc) is 3.52. The van der Waals surface area contributed by atoms with E-state index in [9.17, 15) is 41.0 Å². The lowest BCUT2D eigenvalue weighted by Crippen LogP contribution is -2.54. The van der Waals surface area contributed by atoms with Gasteiger partial charge >= 0.3 is 18.4 Å². The zero-order valence-corrected chi connectivity index (χ0v) is 24.5. The van der Waals surface area contributed by atoms with Gasteiger partial charge in [-0.1, -0.05) is 39.7 Å². The minimum atomic E-state index is -6.02. The molecule has 1 unspecified atom stereocenters. The number of amides is 3. The fraction of sp³-hybridized carbons (Fsp3) is 0.533. The van der Waals surface area contributed by atoms with Crippen LogP contribution < -0.4 is 19.5 Å². The molecular weight excluding hydrogens is 598 g/mol. The van der Waals surface area contributed by atoms with Crippen LogP contribution in [0.5, 0.6) is 17.2 Å². The number of fused-ring (bicyclic) bond motifs is 1. The minimum Gasteiger partial charge on any atom is -0.493 e. The molecular formula is C30H34F6N2O6. The summed E-state index contributed by atoms with van der Waals surface area (Å²) >= 11 is 0. The van der Waals surface area contributed by atoms with E-state index in [4.69, 9.17) is 14.2 Å². The predicted octanol–water partition coefficient (Wildman–Crippen LogP) is 6.26. The van der Waals surface area contributed by atoms with Gasteiger partial charge in [0.2, 0.25) is 6.79 Å². The first-order valence-electron chi connectivity index (χ1n) is 14.3. The fourth-order valence-corrected chi connectivity index (χ4v) is 5.57. The summed E-state index contributed by atoms with van der Waals surface area (Å²) in [5.74, 6) is 0.616. The third kappa shape index (κ3) is 5.75. The Balaban J connectivity index is 1.54. The number of urea groups is 1. The first-order valence-corrected chi connectivity index (χ1v) is 14.3. The number of imide groups is 1. The number of ether oxygens (including phenoxy) is 3. The summed E-state index contributed by atoms with van der Waals surface area (Å²) < 4.78 is 98.5. The molecule has 0 aromatic heterocycles. The quantitative estimate of drug-likeness (QED) is 0.163. The molecule has 1 atom stereocenters. The molecule has 0 radical (unpaired) electrons. The van der Waals surface area contributed by atoms with Gasteiger partial charge in [0.05, 0.1) is 6.61 Å². The van der Waals surface area contributed by atoms with Gasteiger partial charge in [-0.15, -0.1) is 0 Å². The maximum atomic E-state index is 13.7. The molecule has 3 amide bonds. The van der Waals surface area contributed by atoms with E-state index < -0.39 is 41.0 Å². The summed E-state index contributed by atoms with van der Waals surface area (Å²) in [6.45, 7) is 5.06. The molecule has 2 heterocycles. The monoisotopic (exact) mass is 632 g/mol. The van der Waals surface area contributed by atoms with E-state index in [-0.39, 0.29) is 62.5 Å². The van der Waals surface area contributed by atoms with Gasteiger partial charge in [-0.2, -0.15) is 26.3 Å². The Hall–Kier alpha value is -3.68. The largest absolute Gasteiger partial charge is 0.493 e. The lowest BCUT2D eigenvalue weighted by molar-refractivity contribution is -0.376. The van der Waals surface area contributed by atoms with Gasteiger partial charge in [-0.25, -0.2) is 4.79 Å². The van der Waals surface area contributed by atoms with Crippen LogP contribution >= 0.6 is 0 Å². The number of hydrogen-bond donors (Lipinski definition) is 2. The molecule has 242 valence electrons. The zero-order chi connectivity index (χ0) is 32.5. The molecule has 2 aliphatic heterocycles. The van der Waals surface area contributed by atoms with E-state index in [2.05, 4.69) is 5.32 Å². The van der Waals surface area contributed by atoms with Crippen molar-refractivity contribution in [2.24, 2.45) is 0 Å². The standard InChI is InChI=1S/C30H34F6N2O6/c1-4-8-18-14-21(28(41,29(31,32)33)30(34,35)36)15-19(9-5-2)24(18)42-13-7-12-38-25(39)27(6-3,37-26(38)40)20-10-11-22-23(16-20)44-17-43-22/h10-11,14-16,41H,4-9,12-13,17H2,1-3H3,(H,37,40). The highest BCUT2D eigenvalue weighted by atomic mass is 19.4. The summed E-state index contributed by atoms with van der Waals surface area (Å²) in [4.78, 5) is 27.5. The Morgan fingerprint density at radius 3 is 2.07 bits per heavy atom. The highest BCUT2D eigenvalue weighted by Crippen LogP contribution is 2.51. The average molecular weight is 633 g/mol. The van der Waals surface area contributed by atoms with Crippen molar-refractivity contribution in [3.8, 4) is 17.2 Å². The van der Waals surface area contributed by atoms with Gasteiger partial charge < -0.3 is 24.6 Å². The molecule has 1 saturated heterocycles. The first kappa shape index (κ1) is 33.2. The fourth-order valence-electron chi connectivity index (χ4n) is 5.57. The molecule has 8 nitrogen and oxygen atoms in total. The van der Waals surface area contributed by atoms with Crippen LogP contribution in [0, 0.1) is 0 Å². The lowest BCUT2D eigenvalue weighted by atomic mass is 9.87. The highest BCUT2D eigenvalue weighted by Gasteiger charge is 2.71. The van der Waals surface area contributed by atoms with Gasteiger partial charge in [-0.05, 0) is 66.6 Å². The molecule has 0 saturated carbocycles. The van der Waals surface area contributed by atoms with Gasteiger partial charge in [-0.3, -0.25) is 9.69 Å². The van der Waals surface area contributed by atoms with Gasteiger partial charge in [0.25, 0.3) is 11.5 Å². The zero-order valence-electron chi connectivity index (χ0n) is 24.5. The Labute approximate surface area is 250 Å². The number of nitrogens with zero attached hydrogens (tertiary/aromatic N) is 1. The molecule has 2 N–H and O–H groups in total. The number of nitrogens with one attached hydrogen (secondary N) is 1. The van der Waals surface area contributed by atoms with E-state index >= 15 is 0 Å². The van der Waals surface area contributed by atoms with E-state index in [1.807, 2.05) is 0 Å². The van der Waals surface area contributed by atoms with Crippen LogP contribution in [-0.4, -0.2) is 54.2 Å². The number of benzene rings is 2. The molecule has 2 aromatic rings. The highest BCUT2D eigenvalue weighted by molar-refractivity contribution is 6.07. The summed E-state index contributed by atoms with van der Waals surface area (Å²) in [7, 11) is 0. The minimum absolute atomic E-state index is 0.0402. The van der Waals surface area contributed by atoms with Crippen LogP contribution in [0.2, 0.25) is 0 Å². The van der Waals surface area contributed by atoms with E-state index in [1.54, 1.807) is 39.0 Å². The van der Waals surface area contributed by atoms with Crippen molar-refractivity contribution in [3.05, 3.63) is 52.6 Å². The van der Waals surface area contributed by atoms with E-state index in [1.165, 1.54) is 0 Å². The number of aliphatic hydroxyl groups is 1. The van der Waals surface area contributed by atoms with Crippen LogP contribution in [0.15, 0.2) is 30.3 Å². The Morgan fingerprint density at radius 2 is 1.52 bits per heavy atom. The second-order valence-electron chi connectivity index (χ2n) is 10.7. The summed E-state index contributed by atoms with van der Waals surface area (Å²) in [6.07, 6.45) is -10.7. The third-order valence-electron chi connectivity index (χ3n) is 7.86. The van der Waals surface area contributed by atoms with Crippen molar-refractivity contribution in [2.75, 3.05) is 19.9 Å². The van der Waals surface area contributed by atoms with E-state index in [0.717, 1.165) is 4.90 Å². The number of halogens is 6. The molecule has 44 heavy (non-hydrogen) atoms. The van der Waals surface area contributed by atoms with Crippen molar-refractivity contribution in [2.45, 2.75) is 82.8 Å². The Kier molecular flexibility index (Phi) is 9.34. The van der Waals surface area contributed by atoms with Crippen molar-refractivity contribution < 1.29 is 55.2 Å². The van der Waals surface area contributed by atoms with Crippen molar-refractivity contribution in [3.63, 3.8) is 0 Å². The van der Waals surface area contributed by atoms with Crippen molar-refractivity contribution in [1.82, 2.24) is 10.2 Å². The van der Waals surface area contributed by atoms with Gasteiger partial charge in [0, 0.05) is 12.1 Å². The molecule has 0 bridgehead atoms. The second-order valence-corrected chi connectivity index (χ2v) is 10.7. The Morgan fingerprint density at radius 1 is 0.932 bits per heavy atom. The number of hydrogen-bond acceptors (Lipinski definition) is 6. The van der Waals surface area contributed by atoms with Gasteiger partial charge in [0.15, 0.2) is 11.5 Å². The number of carbonyl (C=O) groups is 2.